The molecule has 0 unspecified atom stereocenters. The SMILES string of the molecule is Cc1ccc(-c2cc(C(=O)O)[nH]n2)cc1OC(F)F. The number of rotatable bonds is 4. The molecule has 0 aliphatic carbocycles. The minimum absolute atomic E-state index is 0.0346. The zero-order chi connectivity index (χ0) is 14.0. The number of alkyl halides is 2. The average molecular weight is 268 g/mol. The van der Waals surface area contributed by atoms with Gasteiger partial charge in [-0.3, -0.25) is 5.10 Å². The van der Waals surface area contributed by atoms with E-state index in [2.05, 4.69) is 14.9 Å². The third kappa shape index (κ3) is 2.87. The topological polar surface area (TPSA) is 75.2 Å². The minimum Gasteiger partial charge on any atom is -0.477 e. The van der Waals surface area contributed by atoms with E-state index in [4.69, 9.17) is 5.11 Å². The molecule has 1 heterocycles. The lowest BCUT2D eigenvalue weighted by molar-refractivity contribution is -0.0502. The summed E-state index contributed by atoms with van der Waals surface area (Å²) < 4.78 is 28.8. The highest BCUT2D eigenvalue weighted by Gasteiger charge is 2.12. The summed E-state index contributed by atoms with van der Waals surface area (Å²) in [7, 11) is 0. The zero-order valence-electron chi connectivity index (χ0n) is 9.85. The molecule has 0 aliphatic heterocycles. The van der Waals surface area contributed by atoms with Gasteiger partial charge in [-0.1, -0.05) is 12.1 Å². The second-order valence-corrected chi connectivity index (χ2v) is 3.83. The van der Waals surface area contributed by atoms with Crippen molar-refractivity contribution in [3.8, 4) is 17.0 Å². The number of aromatic amines is 1. The van der Waals surface area contributed by atoms with Gasteiger partial charge < -0.3 is 9.84 Å². The minimum atomic E-state index is -2.91. The summed E-state index contributed by atoms with van der Waals surface area (Å²) in [5.41, 5.74) is 1.31. The first kappa shape index (κ1) is 13.0. The number of aromatic carboxylic acids is 1. The lowest BCUT2D eigenvalue weighted by Crippen LogP contribution is -2.03. The molecule has 0 bridgehead atoms. The first-order chi connectivity index (χ1) is 8.97. The monoisotopic (exact) mass is 268 g/mol. The van der Waals surface area contributed by atoms with E-state index >= 15 is 0 Å². The van der Waals surface area contributed by atoms with Crippen LogP contribution in [0.5, 0.6) is 5.75 Å². The van der Waals surface area contributed by atoms with Crippen LogP contribution in [0.2, 0.25) is 0 Å². The number of nitrogens with zero attached hydrogens (tertiary/aromatic N) is 1. The molecule has 5 nitrogen and oxygen atoms in total. The summed E-state index contributed by atoms with van der Waals surface area (Å²) in [6, 6.07) is 5.96. The Morgan fingerprint density at radius 2 is 2.16 bits per heavy atom. The van der Waals surface area contributed by atoms with Crippen molar-refractivity contribution in [3.63, 3.8) is 0 Å². The van der Waals surface area contributed by atoms with Crippen LogP contribution in [-0.4, -0.2) is 27.9 Å². The van der Waals surface area contributed by atoms with Gasteiger partial charge in [-0.25, -0.2) is 4.79 Å². The quantitative estimate of drug-likeness (QED) is 0.893. The average Bonchev–Trinajstić information content (AvgIpc) is 2.81. The lowest BCUT2D eigenvalue weighted by Gasteiger charge is -2.08. The molecule has 1 aromatic carbocycles. The number of hydrogen-bond donors (Lipinski definition) is 2. The third-order valence-corrected chi connectivity index (χ3v) is 2.51. The highest BCUT2D eigenvalue weighted by molar-refractivity contribution is 5.86. The van der Waals surface area contributed by atoms with Crippen molar-refractivity contribution < 1.29 is 23.4 Å². The summed E-state index contributed by atoms with van der Waals surface area (Å²) in [4.78, 5) is 10.7. The van der Waals surface area contributed by atoms with Gasteiger partial charge in [-0.2, -0.15) is 13.9 Å². The van der Waals surface area contributed by atoms with Crippen LogP contribution < -0.4 is 4.74 Å². The molecular formula is C12H10F2N2O3. The number of nitrogens with one attached hydrogen (secondary N) is 1. The Labute approximate surface area is 106 Å². The van der Waals surface area contributed by atoms with Crippen molar-refractivity contribution in [2.75, 3.05) is 0 Å². The Balaban J connectivity index is 2.36. The van der Waals surface area contributed by atoms with E-state index < -0.39 is 12.6 Å². The molecule has 0 spiro atoms. The van der Waals surface area contributed by atoms with E-state index in [1.807, 2.05) is 0 Å². The molecule has 0 saturated heterocycles. The largest absolute Gasteiger partial charge is 0.477 e. The van der Waals surface area contributed by atoms with E-state index in [0.717, 1.165) is 0 Å². The molecule has 0 aliphatic rings. The van der Waals surface area contributed by atoms with Gasteiger partial charge in [0, 0.05) is 5.56 Å². The van der Waals surface area contributed by atoms with Crippen LogP contribution >= 0.6 is 0 Å². The summed E-state index contributed by atoms with van der Waals surface area (Å²) in [6.45, 7) is -1.28. The van der Waals surface area contributed by atoms with Crippen molar-refractivity contribution in [2.45, 2.75) is 13.5 Å². The molecule has 0 amide bonds. The Hall–Kier alpha value is -2.44. The molecule has 19 heavy (non-hydrogen) atoms. The Morgan fingerprint density at radius 3 is 2.74 bits per heavy atom. The van der Waals surface area contributed by atoms with Crippen molar-refractivity contribution >= 4 is 5.97 Å². The third-order valence-electron chi connectivity index (χ3n) is 2.51. The summed E-state index contributed by atoms with van der Waals surface area (Å²) in [6.07, 6.45) is 0. The Kier molecular flexibility index (Phi) is 3.46. The van der Waals surface area contributed by atoms with Crippen molar-refractivity contribution in [2.24, 2.45) is 0 Å². The van der Waals surface area contributed by atoms with Crippen LogP contribution in [-0.2, 0) is 0 Å². The van der Waals surface area contributed by atoms with Gasteiger partial charge in [0.15, 0.2) is 0 Å². The van der Waals surface area contributed by atoms with Crippen LogP contribution in [0.25, 0.3) is 11.3 Å². The molecule has 100 valence electrons. The fourth-order valence-electron chi connectivity index (χ4n) is 1.56. The molecule has 0 atom stereocenters. The molecule has 2 N–H and O–H groups in total. The number of halogens is 2. The predicted octanol–water partition coefficient (Wildman–Crippen LogP) is 2.68. The Morgan fingerprint density at radius 1 is 1.42 bits per heavy atom. The first-order valence-electron chi connectivity index (χ1n) is 5.32. The van der Waals surface area contributed by atoms with E-state index in [9.17, 15) is 13.6 Å². The van der Waals surface area contributed by atoms with E-state index in [1.165, 1.54) is 12.1 Å². The standard InChI is InChI=1S/C12H10F2N2O3/c1-6-2-3-7(4-10(6)19-12(13)14)8-5-9(11(17)18)16-15-8/h2-5,12H,1H3,(H,15,16)(H,17,18). The smallest absolute Gasteiger partial charge is 0.387 e. The van der Waals surface area contributed by atoms with Gasteiger partial charge >= 0.3 is 12.6 Å². The second kappa shape index (κ2) is 5.05. The van der Waals surface area contributed by atoms with Crippen molar-refractivity contribution in [1.29, 1.82) is 0 Å². The van der Waals surface area contributed by atoms with Gasteiger partial charge in [0.05, 0.1) is 5.69 Å². The number of carboxylic acid groups (broad SMARTS) is 1. The molecular weight excluding hydrogens is 258 g/mol. The highest BCUT2D eigenvalue weighted by atomic mass is 19.3. The summed E-state index contributed by atoms with van der Waals surface area (Å²) in [5.74, 6) is -1.11. The molecule has 7 heteroatoms. The number of carbonyl (C=O) groups is 1. The van der Waals surface area contributed by atoms with Gasteiger partial charge in [-0.15, -0.1) is 0 Å². The van der Waals surface area contributed by atoms with Gasteiger partial charge in [0.1, 0.15) is 11.4 Å². The van der Waals surface area contributed by atoms with E-state index in [0.29, 0.717) is 16.8 Å². The maximum Gasteiger partial charge on any atom is 0.387 e. The molecule has 0 radical (unpaired) electrons. The van der Waals surface area contributed by atoms with Crippen LogP contribution in [0.1, 0.15) is 16.1 Å². The van der Waals surface area contributed by atoms with Gasteiger partial charge in [-0.05, 0) is 24.6 Å². The zero-order valence-corrected chi connectivity index (χ0v) is 9.85. The predicted molar refractivity (Wildman–Crippen MR) is 62.4 cm³/mol. The van der Waals surface area contributed by atoms with Crippen LogP contribution in [0.4, 0.5) is 8.78 Å². The normalized spacial score (nSPS) is 10.7. The Bertz CT molecular complexity index is 611. The molecule has 2 aromatic rings. The number of aryl methyl sites for hydroxylation is 1. The summed E-state index contributed by atoms with van der Waals surface area (Å²) >= 11 is 0. The number of carboxylic acids is 1. The summed E-state index contributed by atoms with van der Waals surface area (Å²) in [5, 5.41) is 14.9. The van der Waals surface area contributed by atoms with Gasteiger partial charge in [0.25, 0.3) is 0 Å². The van der Waals surface area contributed by atoms with Crippen LogP contribution in [0.3, 0.4) is 0 Å². The maximum atomic E-state index is 12.2. The number of ether oxygens (including phenoxy) is 1. The van der Waals surface area contributed by atoms with Crippen LogP contribution in [0.15, 0.2) is 24.3 Å². The number of aromatic nitrogens is 2. The second-order valence-electron chi connectivity index (χ2n) is 3.83. The van der Waals surface area contributed by atoms with Crippen molar-refractivity contribution in [1.82, 2.24) is 10.2 Å². The molecule has 2 rings (SSSR count). The fraction of sp³-hybridized carbons (Fsp3) is 0.167. The number of hydrogen-bond acceptors (Lipinski definition) is 3. The van der Waals surface area contributed by atoms with Crippen LogP contribution in [0, 0.1) is 6.92 Å². The number of H-pyrrole nitrogens is 1. The van der Waals surface area contributed by atoms with Gasteiger partial charge in [0.2, 0.25) is 0 Å². The lowest BCUT2D eigenvalue weighted by atomic mass is 10.1. The van der Waals surface area contributed by atoms with Crippen molar-refractivity contribution in [3.05, 3.63) is 35.5 Å². The highest BCUT2D eigenvalue weighted by Crippen LogP contribution is 2.27. The van der Waals surface area contributed by atoms with E-state index in [1.54, 1.807) is 19.1 Å². The first-order valence-corrected chi connectivity index (χ1v) is 5.32. The molecule has 1 aromatic heterocycles. The van der Waals surface area contributed by atoms with E-state index in [-0.39, 0.29) is 11.4 Å². The number of benzene rings is 1. The molecule has 0 saturated carbocycles. The molecule has 0 fully saturated rings. The maximum absolute atomic E-state index is 12.2. The fourth-order valence-corrected chi connectivity index (χ4v) is 1.56.